The molecule has 0 aliphatic carbocycles. The van der Waals surface area contributed by atoms with Gasteiger partial charge in [-0.05, 0) is 56.5 Å². The number of likely N-dealkylation sites (tertiary alicyclic amines) is 1. The van der Waals surface area contributed by atoms with E-state index in [9.17, 15) is 9.90 Å². The number of nitrogens with zero attached hydrogens (tertiary/aromatic N) is 2. The molecule has 0 aromatic heterocycles. The average Bonchev–Trinajstić information content (AvgIpc) is 3.11. The zero-order valence-electron chi connectivity index (χ0n) is 15.4. The lowest BCUT2D eigenvalue weighted by atomic mass is 9.94. The molecule has 2 atom stereocenters. The summed E-state index contributed by atoms with van der Waals surface area (Å²) in [6.07, 6.45) is 2.88. The van der Waals surface area contributed by atoms with Crippen molar-refractivity contribution in [2.45, 2.75) is 59.1 Å². The van der Waals surface area contributed by atoms with Crippen molar-refractivity contribution in [1.82, 2.24) is 4.90 Å². The number of carbonyl (C=O) groups excluding carboxylic acids is 1. The van der Waals surface area contributed by atoms with Crippen LogP contribution in [0.1, 0.15) is 57.8 Å². The number of anilines is 1. The Morgan fingerprint density at radius 3 is 2.58 bits per heavy atom. The highest BCUT2D eigenvalue weighted by atomic mass is 16.3. The monoisotopic (exact) mass is 330 g/mol. The van der Waals surface area contributed by atoms with Crippen molar-refractivity contribution in [3.8, 4) is 0 Å². The van der Waals surface area contributed by atoms with Gasteiger partial charge in [-0.2, -0.15) is 0 Å². The molecule has 1 N–H and O–H groups in total. The lowest BCUT2D eigenvalue weighted by molar-refractivity contribution is -0.126. The topological polar surface area (TPSA) is 43.8 Å². The van der Waals surface area contributed by atoms with E-state index < -0.39 is 6.10 Å². The number of amides is 1. The molecule has 4 nitrogen and oxygen atoms in total. The number of hydrogen-bond donors (Lipinski definition) is 1. The smallest absolute Gasteiger partial charge is 0.232 e. The molecule has 2 aliphatic rings. The van der Waals surface area contributed by atoms with Gasteiger partial charge in [0.05, 0.1) is 6.10 Å². The van der Waals surface area contributed by atoms with Crippen molar-refractivity contribution < 1.29 is 9.90 Å². The Bertz CT molecular complexity index is 615. The van der Waals surface area contributed by atoms with Gasteiger partial charge in [-0.1, -0.05) is 32.9 Å². The third kappa shape index (κ3) is 3.35. The molecule has 1 saturated heterocycles. The molecule has 2 aliphatic heterocycles. The molecule has 0 radical (unpaired) electrons. The summed E-state index contributed by atoms with van der Waals surface area (Å²) in [6, 6.07) is 6.28. The maximum Gasteiger partial charge on any atom is 0.232 e. The molecule has 1 amide bonds. The third-order valence-electron chi connectivity index (χ3n) is 5.19. The van der Waals surface area contributed by atoms with E-state index in [1.54, 1.807) is 0 Å². The fourth-order valence-electron chi connectivity index (χ4n) is 3.84. The minimum atomic E-state index is -0.448. The van der Waals surface area contributed by atoms with E-state index >= 15 is 0 Å². The zero-order chi connectivity index (χ0) is 17.5. The number of benzene rings is 1. The molecular formula is C20H30N2O2. The fourth-order valence-corrected chi connectivity index (χ4v) is 3.84. The number of β-amino-alcohol motifs (C(OH)–C–C–N with tert-alkyl or cyclic N) is 1. The summed E-state index contributed by atoms with van der Waals surface area (Å²) in [7, 11) is 0. The molecular weight excluding hydrogens is 300 g/mol. The molecule has 1 fully saturated rings. The summed E-state index contributed by atoms with van der Waals surface area (Å²) in [5.74, 6) is 0.166. The Hall–Kier alpha value is -1.39. The second kappa shape index (κ2) is 6.49. The molecule has 1 aromatic rings. The first kappa shape index (κ1) is 17.4. The van der Waals surface area contributed by atoms with Crippen molar-refractivity contribution in [3.05, 3.63) is 29.3 Å². The van der Waals surface area contributed by atoms with Gasteiger partial charge in [-0.15, -0.1) is 0 Å². The normalized spacial score (nSPS) is 22.7. The summed E-state index contributed by atoms with van der Waals surface area (Å²) >= 11 is 0. The molecule has 0 spiro atoms. The molecule has 4 heteroatoms. The molecule has 24 heavy (non-hydrogen) atoms. The van der Waals surface area contributed by atoms with Crippen LogP contribution in [0.5, 0.6) is 0 Å². The molecule has 0 unspecified atom stereocenters. The first-order valence-corrected chi connectivity index (χ1v) is 9.14. The van der Waals surface area contributed by atoms with Crippen LogP contribution in [0.3, 0.4) is 0 Å². The van der Waals surface area contributed by atoms with Crippen molar-refractivity contribution in [2.24, 2.45) is 5.41 Å². The van der Waals surface area contributed by atoms with E-state index in [0.717, 1.165) is 30.8 Å². The Kier molecular flexibility index (Phi) is 4.71. The van der Waals surface area contributed by atoms with Gasteiger partial charge in [0.15, 0.2) is 0 Å². The number of hydrogen-bond acceptors (Lipinski definition) is 3. The quantitative estimate of drug-likeness (QED) is 0.926. The van der Waals surface area contributed by atoms with Crippen molar-refractivity contribution in [1.29, 1.82) is 0 Å². The van der Waals surface area contributed by atoms with Crippen LogP contribution in [0.15, 0.2) is 18.2 Å². The number of aliphatic hydroxyl groups is 1. The molecule has 0 bridgehead atoms. The second-order valence-electron chi connectivity index (χ2n) is 8.39. The van der Waals surface area contributed by atoms with E-state index in [1.807, 2.05) is 37.8 Å². The van der Waals surface area contributed by atoms with E-state index in [2.05, 4.69) is 17.9 Å². The highest BCUT2D eigenvalue weighted by molar-refractivity contribution is 5.99. The van der Waals surface area contributed by atoms with Gasteiger partial charge in [-0.3, -0.25) is 4.79 Å². The van der Waals surface area contributed by atoms with Crippen molar-refractivity contribution in [3.63, 3.8) is 0 Å². The van der Waals surface area contributed by atoms with E-state index in [1.165, 1.54) is 18.4 Å². The highest BCUT2D eigenvalue weighted by Gasteiger charge is 2.36. The maximum atomic E-state index is 12.8. The summed E-state index contributed by atoms with van der Waals surface area (Å²) in [5, 5.41) is 10.6. The maximum absolute atomic E-state index is 12.8. The standard InChI is InChI=1S/C20H30N2O2/c1-14-11-16-12-15(18(23)13-21-9-5-6-10-21)7-8-17(16)22(14)19(24)20(2,3)4/h7-8,12,14,18,23H,5-6,9-11,13H2,1-4H3/t14-,18+/m0/s1. The highest BCUT2D eigenvalue weighted by Crippen LogP contribution is 2.37. The Labute approximate surface area is 145 Å². The summed E-state index contributed by atoms with van der Waals surface area (Å²) in [5.41, 5.74) is 2.78. The van der Waals surface area contributed by atoms with Crippen LogP contribution in [0.25, 0.3) is 0 Å². The van der Waals surface area contributed by atoms with E-state index in [0.29, 0.717) is 6.54 Å². The Balaban J connectivity index is 1.79. The minimum absolute atomic E-state index is 0.166. The lowest BCUT2D eigenvalue weighted by Gasteiger charge is -2.30. The van der Waals surface area contributed by atoms with Gasteiger partial charge in [0, 0.05) is 23.7 Å². The fraction of sp³-hybridized carbons (Fsp3) is 0.650. The van der Waals surface area contributed by atoms with Crippen LogP contribution in [-0.2, 0) is 11.2 Å². The molecule has 0 saturated carbocycles. The number of aliphatic hydroxyl groups excluding tert-OH is 1. The second-order valence-corrected chi connectivity index (χ2v) is 8.39. The van der Waals surface area contributed by atoms with Crippen LogP contribution in [0.4, 0.5) is 5.69 Å². The van der Waals surface area contributed by atoms with Crippen LogP contribution in [0, 0.1) is 5.41 Å². The third-order valence-corrected chi connectivity index (χ3v) is 5.19. The van der Waals surface area contributed by atoms with Crippen molar-refractivity contribution in [2.75, 3.05) is 24.5 Å². The first-order valence-electron chi connectivity index (χ1n) is 9.14. The first-order chi connectivity index (χ1) is 11.3. The van der Waals surface area contributed by atoms with Gasteiger partial charge in [-0.25, -0.2) is 0 Å². The largest absolute Gasteiger partial charge is 0.387 e. The summed E-state index contributed by atoms with van der Waals surface area (Å²) < 4.78 is 0. The molecule has 2 heterocycles. The number of carbonyl (C=O) groups is 1. The van der Waals surface area contributed by atoms with Crippen LogP contribution in [-0.4, -0.2) is 41.6 Å². The van der Waals surface area contributed by atoms with E-state index in [-0.39, 0.29) is 17.4 Å². The number of fused-ring (bicyclic) bond motifs is 1. The predicted octanol–water partition coefficient (Wildman–Crippen LogP) is 3.14. The van der Waals surface area contributed by atoms with Crippen molar-refractivity contribution >= 4 is 11.6 Å². The van der Waals surface area contributed by atoms with Gasteiger partial charge < -0.3 is 14.9 Å². The molecule has 1 aromatic carbocycles. The predicted molar refractivity (Wildman–Crippen MR) is 97.2 cm³/mol. The lowest BCUT2D eigenvalue weighted by Crippen LogP contribution is -2.42. The van der Waals surface area contributed by atoms with Gasteiger partial charge in [0.2, 0.25) is 5.91 Å². The van der Waals surface area contributed by atoms with Gasteiger partial charge in [0.25, 0.3) is 0 Å². The number of rotatable bonds is 3. The average molecular weight is 330 g/mol. The molecule has 3 rings (SSSR count). The minimum Gasteiger partial charge on any atom is -0.387 e. The SMILES string of the molecule is C[C@H]1Cc2cc([C@H](O)CN3CCCC3)ccc2N1C(=O)C(C)(C)C. The van der Waals surface area contributed by atoms with Gasteiger partial charge >= 0.3 is 0 Å². The van der Waals surface area contributed by atoms with E-state index in [4.69, 9.17) is 0 Å². The zero-order valence-corrected chi connectivity index (χ0v) is 15.4. The van der Waals surface area contributed by atoms with Crippen LogP contribution in [0.2, 0.25) is 0 Å². The summed E-state index contributed by atoms with van der Waals surface area (Å²) in [6.45, 7) is 10.9. The van der Waals surface area contributed by atoms with Crippen LogP contribution >= 0.6 is 0 Å². The Morgan fingerprint density at radius 1 is 1.29 bits per heavy atom. The Morgan fingerprint density at radius 2 is 1.96 bits per heavy atom. The van der Waals surface area contributed by atoms with Crippen LogP contribution < -0.4 is 4.90 Å². The van der Waals surface area contributed by atoms with Gasteiger partial charge in [0.1, 0.15) is 0 Å². The summed E-state index contributed by atoms with van der Waals surface area (Å²) in [4.78, 5) is 17.0. The molecule has 132 valence electrons.